The molecule has 0 saturated carbocycles. The monoisotopic (exact) mass is 199 g/mol. The van der Waals surface area contributed by atoms with Crippen molar-refractivity contribution >= 4 is 0 Å². The van der Waals surface area contributed by atoms with E-state index in [1.54, 1.807) is 0 Å². The van der Waals surface area contributed by atoms with Crippen molar-refractivity contribution in [3.05, 3.63) is 0 Å². The van der Waals surface area contributed by atoms with Gasteiger partial charge in [-0.15, -0.1) is 0 Å². The third-order valence-corrected chi connectivity index (χ3v) is 2.90. The summed E-state index contributed by atoms with van der Waals surface area (Å²) >= 11 is 0. The molecule has 1 fully saturated rings. The molecule has 1 N–H and O–H groups in total. The van der Waals surface area contributed by atoms with E-state index in [1.165, 1.54) is 39.1 Å². The maximum Gasteiger partial charge on any atom is 0.0166 e. The molecular weight excluding hydrogens is 174 g/mol. The van der Waals surface area contributed by atoms with Gasteiger partial charge in [-0.2, -0.15) is 0 Å². The second-order valence-corrected chi connectivity index (χ2v) is 4.42. The van der Waals surface area contributed by atoms with Crippen LogP contribution in [0.4, 0.5) is 0 Å². The third-order valence-electron chi connectivity index (χ3n) is 2.90. The summed E-state index contributed by atoms with van der Waals surface area (Å²) in [6.45, 7) is 11.7. The number of hydrogen-bond acceptors (Lipinski definition) is 3. The van der Waals surface area contributed by atoms with Gasteiger partial charge < -0.3 is 15.1 Å². The molecule has 14 heavy (non-hydrogen) atoms. The van der Waals surface area contributed by atoms with Gasteiger partial charge in [-0.25, -0.2) is 0 Å². The summed E-state index contributed by atoms with van der Waals surface area (Å²) in [5.41, 5.74) is 0. The average Bonchev–Trinajstić information content (AvgIpc) is 2.32. The van der Waals surface area contributed by atoms with Crippen molar-refractivity contribution in [3.8, 4) is 0 Å². The topological polar surface area (TPSA) is 18.5 Å². The Morgan fingerprint density at radius 3 is 2.71 bits per heavy atom. The van der Waals surface area contributed by atoms with Crippen molar-refractivity contribution < 1.29 is 0 Å². The van der Waals surface area contributed by atoms with E-state index in [1.807, 2.05) is 0 Å². The Balaban J connectivity index is 2.22. The minimum Gasteiger partial charge on any atom is -0.313 e. The van der Waals surface area contributed by atoms with Crippen molar-refractivity contribution in [1.82, 2.24) is 15.1 Å². The van der Waals surface area contributed by atoms with Gasteiger partial charge in [0.2, 0.25) is 0 Å². The van der Waals surface area contributed by atoms with Crippen molar-refractivity contribution in [2.75, 3.05) is 46.3 Å². The summed E-state index contributed by atoms with van der Waals surface area (Å²) in [4.78, 5) is 5.01. The van der Waals surface area contributed by atoms with Gasteiger partial charge in [0.15, 0.2) is 0 Å². The van der Waals surface area contributed by atoms with Crippen LogP contribution in [-0.2, 0) is 0 Å². The molecule has 3 heteroatoms. The summed E-state index contributed by atoms with van der Waals surface area (Å²) in [7, 11) is 2.22. The van der Waals surface area contributed by atoms with Crippen molar-refractivity contribution in [2.24, 2.45) is 0 Å². The molecule has 3 nitrogen and oxygen atoms in total. The Bertz CT molecular complexity index is 149. The molecule has 84 valence electrons. The quantitative estimate of drug-likeness (QED) is 0.716. The van der Waals surface area contributed by atoms with E-state index < -0.39 is 0 Å². The van der Waals surface area contributed by atoms with E-state index in [2.05, 4.69) is 36.0 Å². The van der Waals surface area contributed by atoms with Crippen LogP contribution in [-0.4, -0.2) is 62.2 Å². The second kappa shape index (κ2) is 6.38. The van der Waals surface area contributed by atoms with Crippen LogP contribution in [0, 0.1) is 0 Å². The Morgan fingerprint density at radius 1 is 1.21 bits per heavy atom. The van der Waals surface area contributed by atoms with Crippen LogP contribution in [0.5, 0.6) is 0 Å². The Hall–Kier alpha value is -0.120. The average molecular weight is 199 g/mol. The summed E-state index contributed by atoms with van der Waals surface area (Å²) in [6, 6.07) is 0.628. The first-order valence-corrected chi connectivity index (χ1v) is 5.86. The molecule has 0 aromatic carbocycles. The zero-order chi connectivity index (χ0) is 10.4. The molecule has 1 atom stereocenters. The second-order valence-electron chi connectivity index (χ2n) is 4.42. The molecule has 1 aliphatic heterocycles. The number of hydrogen-bond donors (Lipinski definition) is 1. The molecule has 0 amide bonds. The smallest absolute Gasteiger partial charge is 0.0166 e. The summed E-state index contributed by atoms with van der Waals surface area (Å²) < 4.78 is 0. The standard InChI is InChI=1S/C11H25N3/c1-4-12-11(2)10-14-7-5-6-13(3)8-9-14/h11-12H,4-10H2,1-3H3. The molecule has 0 aliphatic carbocycles. The summed E-state index contributed by atoms with van der Waals surface area (Å²) in [5.74, 6) is 0. The molecule has 1 saturated heterocycles. The van der Waals surface area contributed by atoms with E-state index in [0.29, 0.717) is 6.04 Å². The zero-order valence-electron chi connectivity index (χ0n) is 9.92. The fourth-order valence-corrected chi connectivity index (χ4v) is 2.08. The highest BCUT2D eigenvalue weighted by Gasteiger charge is 2.13. The van der Waals surface area contributed by atoms with Crippen LogP contribution in [0.2, 0.25) is 0 Å². The summed E-state index contributed by atoms with van der Waals surface area (Å²) in [5, 5.41) is 3.47. The normalized spacial score (nSPS) is 23.4. The predicted molar refractivity (Wildman–Crippen MR) is 61.7 cm³/mol. The molecule has 0 aromatic heterocycles. The first-order valence-electron chi connectivity index (χ1n) is 5.86. The third kappa shape index (κ3) is 4.40. The van der Waals surface area contributed by atoms with Crippen molar-refractivity contribution in [3.63, 3.8) is 0 Å². The molecule has 0 spiro atoms. The number of nitrogens with zero attached hydrogens (tertiary/aromatic N) is 2. The van der Waals surface area contributed by atoms with Gasteiger partial charge in [-0.05, 0) is 40.0 Å². The van der Waals surface area contributed by atoms with Crippen LogP contribution < -0.4 is 5.32 Å². The van der Waals surface area contributed by atoms with Gasteiger partial charge >= 0.3 is 0 Å². The van der Waals surface area contributed by atoms with Crippen LogP contribution >= 0.6 is 0 Å². The Kier molecular flexibility index (Phi) is 5.45. The largest absolute Gasteiger partial charge is 0.313 e. The van der Waals surface area contributed by atoms with E-state index in [0.717, 1.165) is 6.54 Å². The van der Waals surface area contributed by atoms with Crippen molar-refractivity contribution in [2.45, 2.75) is 26.3 Å². The highest BCUT2D eigenvalue weighted by molar-refractivity contribution is 4.71. The fourth-order valence-electron chi connectivity index (χ4n) is 2.08. The molecular formula is C11H25N3. The lowest BCUT2D eigenvalue weighted by atomic mass is 10.3. The van der Waals surface area contributed by atoms with Gasteiger partial charge in [-0.3, -0.25) is 0 Å². The number of rotatable bonds is 4. The van der Waals surface area contributed by atoms with Gasteiger partial charge in [-0.1, -0.05) is 6.92 Å². The lowest BCUT2D eigenvalue weighted by Crippen LogP contribution is -2.40. The molecule has 0 aromatic rings. The minimum absolute atomic E-state index is 0.628. The first kappa shape index (κ1) is 12.0. The van der Waals surface area contributed by atoms with Crippen molar-refractivity contribution in [1.29, 1.82) is 0 Å². The highest BCUT2D eigenvalue weighted by Crippen LogP contribution is 2.01. The fraction of sp³-hybridized carbons (Fsp3) is 1.00. The number of likely N-dealkylation sites (N-methyl/N-ethyl adjacent to an activating group) is 2. The van der Waals surface area contributed by atoms with Gasteiger partial charge in [0.05, 0.1) is 0 Å². The molecule has 1 heterocycles. The molecule has 1 aliphatic rings. The van der Waals surface area contributed by atoms with Crippen LogP contribution in [0.1, 0.15) is 20.3 Å². The van der Waals surface area contributed by atoms with E-state index in [-0.39, 0.29) is 0 Å². The predicted octanol–water partition coefficient (Wildman–Crippen LogP) is 0.622. The lowest BCUT2D eigenvalue weighted by Gasteiger charge is -2.24. The minimum atomic E-state index is 0.628. The van der Waals surface area contributed by atoms with Gasteiger partial charge in [0, 0.05) is 25.7 Å². The van der Waals surface area contributed by atoms with Crippen LogP contribution in [0.3, 0.4) is 0 Å². The molecule has 0 radical (unpaired) electrons. The van der Waals surface area contributed by atoms with Gasteiger partial charge in [0.25, 0.3) is 0 Å². The zero-order valence-corrected chi connectivity index (χ0v) is 9.92. The molecule has 1 rings (SSSR count). The maximum atomic E-state index is 3.47. The Labute approximate surface area is 88.5 Å². The summed E-state index contributed by atoms with van der Waals surface area (Å²) in [6.07, 6.45) is 1.31. The first-order chi connectivity index (χ1) is 6.72. The van der Waals surface area contributed by atoms with Crippen LogP contribution in [0.25, 0.3) is 0 Å². The molecule has 1 unspecified atom stereocenters. The van der Waals surface area contributed by atoms with Gasteiger partial charge in [0.1, 0.15) is 0 Å². The van der Waals surface area contributed by atoms with E-state index in [4.69, 9.17) is 0 Å². The Morgan fingerprint density at radius 2 is 2.00 bits per heavy atom. The molecule has 0 bridgehead atoms. The number of nitrogens with one attached hydrogen (secondary N) is 1. The van der Waals surface area contributed by atoms with E-state index in [9.17, 15) is 0 Å². The maximum absolute atomic E-state index is 3.47. The van der Waals surface area contributed by atoms with Crippen LogP contribution in [0.15, 0.2) is 0 Å². The SMILES string of the molecule is CCNC(C)CN1CCCN(C)CC1. The van der Waals surface area contributed by atoms with E-state index >= 15 is 0 Å². The highest BCUT2D eigenvalue weighted by atomic mass is 15.2. The lowest BCUT2D eigenvalue weighted by molar-refractivity contribution is 0.253.